The van der Waals surface area contributed by atoms with Gasteiger partial charge in [-0.3, -0.25) is 4.79 Å². The molecule has 3 N–H and O–H groups in total. The van der Waals surface area contributed by atoms with Gasteiger partial charge < -0.3 is 15.8 Å². The van der Waals surface area contributed by atoms with Crippen LogP contribution in [0.3, 0.4) is 0 Å². The molecular weight excluding hydrogens is 240 g/mol. The van der Waals surface area contributed by atoms with Crippen LogP contribution in [0.15, 0.2) is 18.2 Å². The summed E-state index contributed by atoms with van der Waals surface area (Å²) in [5.41, 5.74) is 7.51. The highest BCUT2D eigenvalue weighted by molar-refractivity contribution is 5.76. The third-order valence-corrected chi connectivity index (χ3v) is 2.78. The van der Waals surface area contributed by atoms with Gasteiger partial charge in [-0.2, -0.15) is 0 Å². The Kier molecular flexibility index (Phi) is 5.36. The zero-order valence-corrected chi connectivity index (χ0v) is 12.2. The van der Waals surface area contributed by atoms with E-state index < -0.39 is 0 Å². The van der Waals surface area contributed by atoms with Gasteiger partial charge in [0.2, 0.25) is 5.91 Å². The monoisotopic (exact) mass is 264 g/mol. The van der Waals surface area contributed by atoms with Crippen molar-refractivity contribution >= 4 is 5.91 Å². The fraction of sp³-hybridized carbons (Fsp3) is 0.533. The summed E-state index contributed by atoms with van der Waals surface area (Å²) in [7, 11) is 0. The van der Waals surface area contributed by atoms with Crippen molar-refractivity contribution in [2.75, 3.05) is 13.2 Å². The lowest BCUT2D eigenvalue weighted by atomic mass is 10.1. The first kappa shape index (κ1) is 15.5. The Hall–Kier alpha value is -1.55. The van der Waals surface area contributed by atoms with Gasteiger partial charge in [0, 0.05) is 12.1 Å². The highest BCUT2D eigenvalue weighted by atomic mass is 16.5. The molecule has 4 nitrogen and oxygen atoms in total. The highest BCUT2D eigenvalue weighted by Crippen LogP contribution is 2.16. The molecule has 0 aliphatic rings. The Morgan fingerprint density at radius 1 is 1.26 bits per heavy atom. The number of carbonyl (C=O) groups excluding carboxylic acids is 1. The van der Waals surface area contributed by atoms with Crippen LogP contribution in [0.25, 0.3) is 0 Å². The van der Waals surface area contributed by atoms with Crippen LogP contribution in [0.2, 0.25) is 0 Å². The van der Waals surface area contributed by atoms with E-state index in [2.05, 4.69) is 11.4 Å². The second kappa shape index (κ2) is 6.57. The van der Waals surface area contributed by atoms with Crippen LogP contribution in [0.1, 0.15) is 31.4 Å². The van der Waals surface area contributed by atoms with Crippen molar-refractivity contribution in [3.05, 3.63) is 29.3 Å². The van der Waals surface area contributed by atoms with E-state index in [1.165, 1.54) is 0 Å². The Bertz CT molecular complexity index is 422. The molecular formula is C15H24N2O2. The predicted molar refractivity (Wildman–Crippen MR) is 77.3 cm³/mol. The van der Waals surface area contributed by atoms with E-state index in [9.17, 15) is 4.79 Å². The minimum atomic E-state index is -0.364. The molecule has 19 heavy (non-hydrogen) atoms. The largest absolute Gasteiger partial charge is 0.493 e. The first-order chi connectivity index (χ1) is 8.82. The van der Waals surface area contributed by atoms with Gasteiger partial charge in [-0.1, -0.05) is 6.07 Å². The van der Waals surface area contributed by atoms with Gasteiger partial charge in [-0.25, -0.2) is 0 Å². The lowest BCUT2D eigenvalue weighted by Gasteiger charge is -2.24. The number of aryl methyl sites for hydroxylation is 2. The van der Waals surface area contributed by atoms with Gasteiger partial charge in [0.05, 0.1) is 13.0 Å². The van der Waals surface area contributed by atoms with Crippen LogP contribution in [0.4, 0.5) is 0 Å². The fourth-order valence-corrected chi connectivity index (χ4v) is 1.77. The molecule has 0 saturated heterocycles. The van der Waals surface area contributed by atoms with Gasteiger partial charge in [0.15, 0.2) is 0 Å². The number of benzene rings is 1. The summed E-state index contributed by atoms with van der Waals surface area (Å²) in [6.45, 7) is 8.63. The summed E-state index contributed by atoms with van der Waals surface area (Å²) in [6, 6.07) is 6.02. The SMILES string of the molecule is Cc1cc(C)cc(OCCC(=O)NC(C)(C)CN)c1. The van der Waals surface area contributed by atoms with Crippen molar-refractivity contribution in [3.63, 3.8) is 0 Å². The van der Waals surface area contributed by atoms with E-state index in [-0.39, 0.29) is 11.4 Å². The quantitative estimate of drug-likeness (QED) is 0.825. The fourth-order valence-electron chi connectivity index (χ4n) is 1.77. The lowest BCUT2D eigenvalue weighted by Crippen LogP contribution is -2.49. The summed E-state index contributed by atoms with van der Waals surface area (Å²) >= 11 is 0. The summed E-state index contributed by atoms with van der Waals surface area (Å²) in [4.78, 5) is 11.7. The molecule has 1 aromatic rings. The maximum atomic E-state index is 11.7. The van der Waals surface area contributed by atoms with Crippen molar-refractivity contribution in [2.45, 2.75) is 39.7 Å². The van der Waals surface area contributed by atoms with E-state index in [1.54, 1.807) is 0 Å². The van der Waals surface area contributed by atoms with Crippen molar-refractivity contribution < 1.29 is 9.53 Å². The van der Waals surface area contributed by atoms with Crippen LogP contribution in [-0.4, -0.2) is 24.6 Å². The van der Waals surface area contributed by atoms with Crippen LogP contribution >= 0.6 is 0 Å². The highest BCUT2D eigenvalue weighted by Gasteiger charge is 2.17. The normalized spacial score (nSPS) is 11.2. The number of nitrogens with one attached hydrogen (secondary N) is 1. The molecule has 0 spiro atoms. The summed E-state index contributed by atoms with van der Waals surface area (Å²) in [5.74, 6) is 0.767. The molecule has 1 amide bonds. The molecule has 0 atom stereocenters. The summed E-state index contributed by atoms with van der Waals surface area (Å²) < 4.78 is 5.59. The number of rotatable bonds is 6. The maximum absolute atomic E-state index is 11.7. The topological polar surface area (TPSA) is 64.3 Å². The maximum Gasteiger partial charge on any atom is 0.223 e. The van der Waals surface area contributed by atoms with E-state index >= 15 is 0 Å². The number of ether oxygens (including phenoxy) is 1. The molecule has 0 fully saturated rings. The van der Waals surface area contributed by atoms with Gasteiger partial charge in [-0.15, -0.1) is 0 Å². The van der Waals surface area contributed by atoms with Crippen LogP contribution in [0.5, 0.6) is 5.75 Å². The van der Waals surface area contributed by atoms with E-state index in [4.69, 9.17) is 10.5 Å². The van der Waals surface area contributed by atoms with Crippen molar-refractivity contribution in [3.8, 4) is 5.75 Å². The first-order valence-electron chi connectivity index (χ1n) is 6.54. The third kappa shape index (κ3) is 5.75. The van der Waals surface area contributed by atoms with Crippen molar-refractivity contribution in [1.82, 2.24) is 5.32 Å². The molecule has 0 bridgehead atoms. The van der Waals surface area contributed by atoms with Gasteiger partial charge in [0.25, 0.3) is 0 Å². The number of carbonyl (C=O) groups is 1. The van der Waals surface area contributed by atoms with Crippen LogP contribution in [0, 0.1) is 13.8 Å². The molecule has 0 aliphatic carbocycles. The van der Waals surface area contributed by atoms with Gasteiger partial charge in [-0.05, 0) is 51.0 Å². The minimum absolute atomic E-state index is 0.0418. The molecule has 0 aromatic heterocycles. The lowest BCUT2D eigenvalue weighted by molar-refractivity contribution is -0.123. The predicted octanol–water partition coefficient (Wildman–Crippen LogP) is 1.93. The molecule has 1 aromatic carbocycles. The van der Waals surface area contributed by atoms with E-state index in [1.807, 2.05) is 39.8 Å². The molecule has 0 saturated carbocycles. The molecule has 1 rings (SSSR count). The zero-order valence-electron chi connectivity index (χ0n) is 12.2. The zero-order chi connectivity index (χ0) is 14.5. The van der Waals surface area contributed by atoms with Gasteiger partial charge >= 0.3 is 0 Å². The minimum Gasteiger partial charge on any atom is -0.493 e. The second-order valence-electron chi connectivity index (χ2n) is 5.56. The Morgan fingerprint density at radius 2 is 1.84 bits per heavy atom. The number of hydrogen-bond donors (Lipinski definition) is 2. The molecule has 0 unspecified atom stereocenters. The summed E-state index contributed by atoms with van der Waals surface area (Å²) in [5, 5.41) is 2.87. The Balaban J connectivity index is 2.40. The van der Waals surface area contributed by atoms with E-state index in [0.717, 1.165) is 16.9 Å². The number of amides is 1. The first-order valence-corrected chi connectivity index (χ1v) is 6.54. The Morgan fingerprint density at radius 3 is 2.37 bits per heavy atom. The molecule has 0 heterocycles. The summed E-state index contributed by atoms with van der Waals surface area (Å²) in [6.07, 6.45) is 0.330. The van der Waals surface area contributed by atoms with E-state index in [0.29, 0.717) is 19.6 Å². The molecule has 0 radical (unpaired) electrons. The van der Waals surface area contributed by atoms with Crippen molar-refractivity contribution in [1.29, 1.82) is 0 Å². The smallest absolute Gasteiger partial charge is 0.223 e. The molecule has 4 heteroatoms. The number of nitrogens with two attached hydrogens (primary N) is 1. The average Bonchev–Trinajstić information content (AvgIpc) is 2.27. The molecule has 106 valence electrons. The number of hydrogen-bond acceptors (Lipinski definition) is 3. The standard InChI is InChI=1S/C15H24N2O2/c1-11-7-12(2)9-13(8-11)19-6-5-14(18)17-15(3,4)10-16/h7-9H,5-6,10,16H2,1-4H3,(H,17,18). The second-order valence-corrected chi connectivity index (χ2v) is 5.56. The third-order valence-electron chi connectivity index (χ3n) is 2.78. The van der Waals surface area contributed by atoms with Crippen LogP contribution < -0.4 is 15.8 Å². The van der Waals surface area contributed by atoms with Crippen molar-refractivity contribution in [2.24, 2.45) is 5.73 Å². The average molecular weight is 264 g/mol. The Labute approximate surface area is 115 Å². The molecule has 0 aliphatic heterocycles. The van der Waals surface area contributed by atoms with Crippen LogP contribution in [-0.2, 0) is 4.79 Å². The van der Waals surface area contributed by atoms with Gasteiger partial charge in [0.1, 0.15) is 5.75 Å².